The summed E-state index contributed by atoms with van der Waals surface area (Å²) in [6.45, 7) is 3.19. The maximum Gasteiger partial charge on any atom is 0.222 e. The Morgan fingerprint density at radius 2 is 2.46 bits per heavy atom. The van der Waals surface area contributed by atoms with Gasteiger partial charge in [-0.1, -0.05) is 6.92 Å². The van der Waals surface area contributed by atoms with Crippen LogP contribution in [0.1, 0.15) is 26.0 Å². The summed E-state index contributed by atoms with van der Waals surface area (Å²) < 4.78 is 4.98. The molecule has 1 aromatic rings. The minimum Gasteiger partial charge on any atom is -0.464 e. The largest absolute Gasteiger partial charge is 0.464 e. The van der Waals surface area contributed by atoms with Crippen molar-refractivity contribution < 1.29 is 14.3 Å². The van der Waals surface area contributed by atoms with E-state index in [4.69, 9.17) is 4.42 Å². The molecule has 0 saturated heterocycles. The van der Waals surface area contributed by atoms with Crippen molar-refractivity contribution in [3.63, 3.8) is 0 Å². The van der Waals surface area contributed by atoms with Crippen LogP contribution in [0.2, 0.25) is 0 Å². The van der Waals surface area contributed by atoms with Crippen LogP contribution in [0.3, 0.4) is 0 Å². The Balaban J connectivity index is 2.72. The number of hydrogen-bond acceptors (Lipinski definition) is 3. The van der Waals surface area contributed by atoms with Gasteiger partial charge >= 0.3 is 0 Å². The number of hydrogen-bond donors (Lipinski definition) is 2. The van der Waals surface area contributed by atoms with Gasteiger partial charge in [0.1, 0.15) is 0 Å². The van der Waals surface area contributed by atoms with Gasteiger partial charge < -0.3 is 14.8 Å². The van der Waals surface area contributed by atoms with Gasteiger partial charge in [0, 0.05) is 6.42 Å². The van der Waals surface area contributed by atoms with E-state index in [1.807, 2.05) is 0 Å². The van der Waals surface area contributed by atoms with E-state index in [0.29, 0.717) is 12.2 Å². The molecule has 0 spiro atoms. The van der Waals surface area contributed by atoms with Gasteiger partial charge in [-0.15, -0.1) is 0 Å². The van der Waals surface area contributed by atoms with Crippen molar-refractivity contribution in [1.82, 2.24) is 5.32 Å². The van der Waals surface area contributed by atoms with Gasteiger partial charge in [0.2, 0.25) is 5.91 Å². The minimum atomic E-state index is -1.42. The summed E-state index contributed by atoms with van der Waals surface area (Å²) in [5, 5.41) is 12.2. The number of aliphatic hydroxyl groups is 1. The number of carbonyl (C=O) groups excluding carboxylic acids is 1. The van der Waals surface area contributed by atoms with Gasteiger partial charge in [-0.25, -0.2) is 0 Å². The van der Waals surface area contributed by atoms with Gasteiger partial charge in [0.15, 0.2) is 11.5 Å². The molecule has 4 heteroatoms. The Morgan fingerprint density at radius 1 is 1.77 bits per heavy atom. The van der Waals surface area contributed by atoms with Crippen molar-refractivity contribution in [3.05, 3.63) is 24.2 Å². The van der Waals surface area contributed by atoms with Crippen molar-refractivity contribution in [2.45, 2.75) is 26.0 Å². The number of amides is 1. The second kappa shape index (κ2) is 3.62. The summed E-state index contributed by atoms with van der Waals surface area (Å²) >= 11 is 0. The van der Waals surface area contributed by atoms with Crippen LogP contribution in [0.5, 0.6) is 0 Å². The molecule has 4 nitrogen and oxygen atoms in total. The zero-order valence-corrected chi connectivity index (χ0v) is 7.70. The molecule has 1 rings (SSSR count). The van der Waals surface area contributed by atoms with Crippen LogP contribution in [-0.4, -0.2) is 11.0 Å². The predicted molar refractivity (Wildman–Crippen MR) is 46.7 cm³/mol. The first kappa shape index (κ1) is 9.80. The monoisotopic (exact) mass is 183 g/mol. The van der Waals surface area contributed by atoms with Gasteiger partial charge in [-0.3, -0.25) is 4.79 Å². The second-order valence-corrected chi connectivity index (χ2v) is 2.95. The summed E-state index contributed by atoms with van der Waals surface area (Å²) in [5.74, 6) is 0.107. The lowest BCUT2D eigenvalue weighted by Gasteiger charge is -2.21. The first-order valence-corrected chi connectivity index (χ1v) is 4.13. The molecule has 1 amide bonds. The Kier molecular flexibility index (Phi) is 2.72. The maximum atomic E-state index is 11.0. The lowest BCUT2D eigenvalue weighted by atomic mass is 10.2. The molecule has 0 saturated carbocycles. The smallest absolute Gasteiger partial charge is 0.222 e. The van der Waals surface area contributed by atoms with Crippen molar-refractivity contribution in [1.29, 1.82) is 0 Å². The van der Waals surface area contributed by atoms with Crippen LogP contribution in [-0.2, 0) is 10.5 Å². The lowest BCUT2D eigenvalue weighted by molar-refractivity contribution is -0.129. The molecule has 0 fully saturated rings. The van der Waals surface area contributed by atoms with Crippen LogP contribution in [0.15, 0.2) is 22.8 Å². The standard InChI is InChI=1S/C9H13NO3/c1-3-8(11)10-9(2,12)7-5-4-6-13-7/h4-6,12H,3H2,1-2H3,(H,10,11). The fourth-order valence-corrected chi connectivity index (χ4v) is 0.977. The van der Waals surface area contributed by atoms with Gasteiger partial charge in [-0.2, -0.15) is 0 Å². The fraction of sp³-hybridized carbons (Fsp3) is 0.444. The molecule has 2 N–H and O–H groups in total. The zero-order chi connectivity index (χ0) is 9.90. The molecule has 0 aromatic carbocycles. The zero-order valence-electron chi connectivity index (χ0n) is 7.70. The molecule has 72 valence electrons. The highest BCUT2D eigenvalue weighted by molar-refractivity contribution is 5.76. The SMILES string of the molecule is CCC(=O)NC(C)(O)c1ccco1. The average Bonchev–Trinajstić information content (AvgIpc) is 2.55. The molecular formula is C9H13NO3. The van der Waals surface area contributed by atoms with E-state index >= 15 is 0 Å². The summed E-state index contributed by atoms with van der Waals surface area (Å²) in [5.41, 5.74) is -1.42. The molecule has 0 aliphatic heterocycles. The summed E-state index contributed by atoms with van der Waals surface area (Å²) in [4.78, 5) is 11.0. The van der Waals surface area contributed by atoms with E-state index < -0.39 is 5.72 Å². The van der Waals surface area contributed by atoms with Gasteiger partial charge in [-0.05, 0) is 19.1 Å². The first-order chi connectivity index (χ1) is 6.06. The van der Waals surface area contributed by atoms with Crippen molar-refractivity contribution in [3.8, 4) is 0 Å². The Bertz CT molecular complexity index is 277. The maximum absolute atomic E-state index is 11.0. The first-order valence-electron chi connectivity index (χ1n) is 4.13. The molecule has 0 bridgehead atoms. The fourth-order valence-electron chi connectivity index (χ4n) is 0.977. The topological polar surface area (TPSA) is 62.5 Å². The summed E-state index contributed by atoms with van der Waals surface area (Å²) in [7, 11) is 0. The van der Waals surface area contributed by atoms with E-state index in [-0.39, 0.29) is 5.91 Å². The highest BCUT2D eigenvalue weighted by Gasteiger charge is 2.27. The quantitative estimate of drug-likeness (QED) is 0.686. The van der Waals surface area contributed by atoms with Crippen molar-refractivity contribution in [2.75, 3.05) is 0 Å². The van der Waals surface area contributed by atoms with Gasteiger partial charge in [0.05, 0.1) is 6.26 Å². The highest BCUT2D eigenvalue weighted by atomic mass is 16.4. The third-order valence-corrected chi connectivity index (χ3v) is 1.70. The lowest BCUT2D eigenvalue weighted by Crippen LogP contribution is -2.42. The molecular weight excluding hydrogens is 170 g/mol. The van der Waals surface area contributed by atoms with Crippen LogP contribution >= 0.6 is 0 Å². The number of furan rings is 1. The average molecular weight is 183 g/mol. The summed E-state index contributed by atoms with van der Waals surface area (Å²) in [6.07, 6.45) is 1.78. The van der Waals surface area contributed by atoms with Crippen molar-refractivity contribution >= 4 is 5.91 Å². The van der Waals surface area contributed by atoms with Gasteiger partial charge in [0.25, 0.3) is 0 Å². The highest BCUT2D eigenvalue weighted by Crippen LogP contribution is 2.17. The van der Waals surface area contributed by atoms with Crippen LogP contribution in [0.4, 0.5) is 0 Å². The number of carbonyl (C=O) groups is 1. The molecule has 0 aliphatic rings. The molecule has 0 aliphatic carbocycles. The van der Waals surface area contributed by atoms with E-state index in [9.17, 15) is 9.90 Å². The van der Waals surface area contributed by atoms with Crippen LogP contribution in [0.25, 0.3) is 0 Å². The molecule has 0 radical (unpaired) electrons. The van der Waals surface area contributed by atoms with E-state index in [1.165, 1.54) is 13.2 Å². The molecule has 1 unspecified atom stereocenters. The van der Waals surface area contributed by atoms with E-state index in [2.05, 4.69) is 5.32 Å². The summed E-state index contributed by atoms with van der Waals surface area (Å²) in [6, 6.07) is 3.26. The normalized spacial score (nSPS) is 15.0. The second-order valence-electron chi connectivity index (χ2n) is 2.95. The van der Waals surface area contributed by atoms with Crippen LogP contribution < -0.4 is 5.32 Å². The third kappa shape index (κ3) is 2.32. The van der Waals surface area contributed by atoms with E-state index in [1.54, 1.807) is 19.1 Å². The van der Waals surface area contributed by atoms with Crippen molar-refractivity contribution in [2.24, 2.45) is 0 Å². The van der Waals surface area contributed by atoms with Crippen LogP contribution in [0, 0.1) is 0 Å². The van der Waals surface area contributed by atoms with E-state index in [0.717, 1.165) is 0 Å². The molecule has 1 atom stereocenters. The Hall–Kier alpha value is -1.29. The third-order valence-electron chi connectivity index (χ3n) is 1.70. The molecule has 13 heavy (non-hydrogen) atoms. The Morgan fingerprint density at radius 3 is 2.92 bits per heavy atom. The molecule has 1 heterocycles. The number of nitrogens with one attached hydrogen (secondary N) is 1. The Labute approximate surface area is 76.6 Å². The predicted octanol–water partition coefficient (Wildman–Crippen LogP) is 0.971. The minimum absolute atomic E-state index is 0.221. The molecule has 1 aromatic heterocycles. The number of rotatable bonds is 3.